The molecule has 0 spiro atoms. The van der Waals surface area contributed by atoms with E-state index in [-0.39, 0.29) is 26.4 Å². The molecule has 5 aromatic carbocycles. The molecule has 1 aliphatic rings. The van der Waals surface area contributed by atoms with Gasteiger partial charge in [0, 0.05) is 12.2 Å². The summed E-state index contributed by atoms with van der Waals surface area (Å²) >= 11 is 0. The smallest absolute Gasteiger partial charge is 0.330 e. The maximum Gasteiger partial charge on any atom is 0.330 e. The van der Waals surface area contributed by atoms with Gasteiger partial charge in [-0.25, -0.2) is 9.59 Å². The minimum atomic E-state index is -0.649. The van der Waals surface area contributed by atoms with E-state index in [1.54, 1.807) is 0 Å². The molecule has 0 saturated heterocycles. The normalized spacial score (nSPS) is 12.5. The lowest BCUT2D eigenvalue weighted by atomic mass is 9.66. The minimum Gasteiger partial charge on any atom is -0.490 e. The Kier molecular flexibility index (Phi) is 9.41. The van der Waals surface area contributed by atoms with Gasteiger partial charge in [0.25, 0.3) is 0 Å². The van der Waals surface area contributed by atoms with Crippen molar-refractivity contribution in [2.75, 3.05) is 26.4 Å². The Hall–Kier alpha value is -5.62. The molecule has 0 saturated carbocycles. The molecule has 6 rings (SSSR count). The van der Waals surface area contributed by atoms with E-state index in [0.29, 0.717) is 11.5 Å². The van der Waals surface area contributed by atoms with Gasteiger partial charge in [0.15, 0.2) is 0 Å². The zero-order valence-electron chi connectivity index (χ0n) is 28.4. The van der Waals surface area contributed by atoms with E-state index in [0.717, 1.165) is 23.3 Å². The van der Waals surface area contributed by atoms with Crippen molar-refractivity contribution in [3.63, 3.8) is 0 Å². The zero-order valence-corrected chi connectivity index (χ0v) is 28.4. The molecule has 248 valence electrons. The Morgan fingerprint density at radius 1 is 0.633 bits per heavy atom. The first-order valence-electron chi connectivity index (χ1n) is 16.4. The van der Waals surface area contributed by atoms with Crippen LogP contribution in [-0.2, 0) is 24.5 Å². The van der Waals surface area contributed by atoms with Crippen LogP contribution >= 0.6 is 0 Å². The first-order chi connectivity index (χ1) is 23.7. The molecule has 0 bridgehead atoms. The lowest BCUT2D eigenvalue weighted by molar-refractivity contribution is -0.139. The van der Waals surface area contributed by atoms with Crippen LogP contribution in [0.15, 0.2) is 110 Å². The van der Waals surface area contributed by atoms with E-state index in [9.17, 15) is 9.59 Å². The average Bonchev–Trinajstić information content (AvgIpc) is 3.39. The topological polar surface area (TPSA) is 71.1 Å². The number of hydrogen-bond donors (Lipinski definition) is 0. The molecule has 0 atom stereocenters. The summed E-state index contributed by atoms with van der Waals surface area (Å²) in [5, 5.41) is 2.48. The van der Waals surface area contributed by atoms with Crippen LogP contribution in [0.3, 0.4) is 0 Å². The molecule has 1 aliphatic carbocycles. The summed E-state index contributed by atoms with van der Waals surface area (Å²) in [5.74, 6) is 0.405. The standard InChI is InChI=1S/C43H40O6/c1-7-38(44)48-21-19-46-34-14-10-32(11-15-34)43(33-12-16-35(17-13-33)47-20-22-49-39(45)8-2)37-18-9-31-25-27(3)23-29(5)40(31)41(37)36-26-28(4)24-30(6)42(36)43/h7-18,23-26H,1-2,19-22H2,3-6H3. The van der Waals surface area contributed by atoms with Crippen LogP contribution in [0.1, 0.15) is 44.5 Å². The van der Waals surface area contributed by atoms with E-state index in [1.165, 1.54) is 55.3 Å². The van der Waals surface area contributed by atoms with Crippen LogP contribution in [-0.4, -0.2) is 38.4 Å². The van der Waals surface area contributed by atoms with E-state index in [4.69, 9.17) is 18.9 Å². The van der Waals surface area contributed by atoms with Crippen molar-refractivity contribution in [2.24, 2.45) is 0 Å². The predicted octanol–water partition coefficient (Wildman–Crippen LogP) is 8.65. The highest BCUT2D eigenvalue weighted by molar-refractivity contribution is 6.06. The fourth-order valence-corrected chi connectivity index (χ4v) is 7.34. The number of esters is 2. The fraction of sp³-hybridized carbons (Fsp3) is 0.209. The highest BCUT2D eigenvalue weighted by Gasteiger charge is 2.48. The largest absolute Gasteiger partial charge is 0.490 e. The molecule has 49 heavy (non-hydrogen) atoms. The number of fused-ring (bicyclic) bond motifs is 5. The second-order valence-electron chi connectivity index (χ2n) is 12.4. The number of hydrogen-bond acceptors (Lipinski definition) is 6. The Bertz CT molecular complexity index is 2000. The summed E-state index contributed by atoms with van der Waals surface area (Å²) in [7, 11) is 0. The third-order valence-electron chi connectivity index (χ3n) is 9.09. The van der Waals surface area contributed by atoms with Gasteiger partial charge in [0.05, 0.1) is 5.41 Å². The van der Waals surface area contributed by atoms with Crippen LogP contribution in [0.4, 0.5) is 0 Å². The SMILES string of the molecule is C=CC(=O)OCCOc1ccc(C2(c3ccc(OCCOC(=O)C=C)cc3)c3ccc4cc(C)cc(C)c4c3-c3cc(C)cc(C)c32)cc1. The highest BCUT2D eigenvalue weighted by Crippen LogP contribution is 2.59. The molecule has 0 N–H and O–H groups in total. The van der Waals surface area contributed by atoms with Crippen molar-refractivity contribution in [1.29, 1.82) is 0 Å². The van der Waals surface area contributed by atoms with Gasteiger partial charge in [-0.15, -0.1) is 0 Å². The van der Waals surface area contributed by atoms with E-state index in [1.807, 2.05) is 24.3 Å². The number of carbonyl (C=O) groups is 2. The van der Waals surface area contributed by atoms with Gasteiger partial charge in [-0.3, -0.25) is 0 Å². The van der Waals surface area contributed by atoms with Crippen molar-refractivity contribution in [2.45, 2.75) is 33.1 Å². The summed E-state index contributed by atoms with van der Waals surface area (Å²) in [6, 6.07) is 30.1. The number of ether oxygens (including phenoxy) is 4. The summed E-state index contributed by atoms with van der Waals surface area (Å²) in [5.41, 5.74) is 11.4. The second-order valence-corrected chi connectivity index (χ2v) is 12.4. The van der Waals surface area contributed by atoms with E-state index >= 15 is 0 Å². The summed E-state index contributed by atoms with van der Waals surface area (Å²) in [6.45, 7) is 16.3. The second kappa shape index (κ2) is 13.9. The lowest BCUT2D eigenvalue weighted by Gasteiger charge is -2.35. The summed E-state index contributed by atoms with van der Waals surface area (Å²) in [6.07, 6.45) is 2.28. The van der Waals surface area contributed by atoms with Crippen molar-refractivity contribution < 1.29 is 28.5 Å². The number of aryl methyl sites for hydroxylation is 4. The molecule has 0 radical (unpaired) electrons. The first kappa shape index (κ1) is 33.3. The van der Waals surface area contributed by atoms with Gasteiger partial charge in [-0.2, -0.15) is 0 Å². The maximum absolute atomic E-state index is 11.5. The minimum absolute atomic E-state index is 0.132. The third-order valence-corrected chi connectivity index (χ3v) is 9.09. The fourth-order valence-electron chi connectivity index (χ4n) is 7.34. The maximum atomic E-state index is 11.5. The van der Waals surface area contributed by atoms with E-state index in [2.05, 4.69) is 102 Å². The first-order valence-corrected chi connectivity index (χ1v) is 16.4. The summed E-state index contributed by atoms with van der Waals surface area (Å²) < 4.78 is 22.0. The van der Waals surface area contributed by atoms with Crippen LogP contribution in [0.2, 0.25) is 0 Å². The molecule has 0 aromatic heterocycles. The Labute approximate surface area is 287 Å². The van der Waals surface area contributed by atoms with Gasteiger partial charge >= 0.3 is 11.9 Å². The Balaban J connectivity index is 1.51. The van der Waals surface area contributed by atoms with Crippen molar-refractivity contribution >= 4 is 22.7 Å². The van der Waals surface area contributed by atoms with Gasteiger partial charge in [-0.05, 0) is 107 Å². The van der Waals surface area contributed by atoms with Crippen LogP contribution in [0, 0.1) is 27.7 Å². The van der Waals surface area contributed by atoms with Crippen molar-refractivity contribution in [1.82, 2.24) is 0 Å². The molecule has 6 nitrogen and oxygen atoms in total. The van der Waals surface area contributed by atoms with Crippen LogP contribution in [0.25, 0.3) is 21.9 Å². The molecule has 6 heteroatoms. The van der Waals surface area contributed by atoms with Gasteiger partial charge in [0.2, 0.25) is 0 Å². The average molecular weight is 653 g/mol. The predicted molar refractivity (Wildman–Crippen MR) is 194 cm³/mol. The lowest BCUT2D eigenvalue weighted by Crippen LogP contribution is -2.29. The summed E-state index contributed by atoms with van der Waals surface area (Å²) in [4.78, 5) is 22.9. The number of carbonyl (C=O) groups excluding carboxylic acids is 2. The zero-order chi connectivity index (χ0) is 34.7. The number of benzene rings is 5. The van der Waals surface area contributed by atoms with Crippen molar-refractivity contribution in [3.8, 4) is 22.6 Å². The Morgan fingerprint density at radius 2 is 1.14 bits per heavy atom. The van der Waals surface area contributed by atoms with Gasteiger partial charge in [0.1, 0.15) is 37.9 Å². The highest BCUT2D eigenvalue weighted by atomic mass is 16.6. The van der Waals surface area contributed by atoms with Crippen LogP contribution in [0.5, 0.6) is 11.5 Å². The van der Waals surface area contributed by atoms with Gasteiger partial charge in [-0.1, -0.05) is 84.9 Å². The quantitative estimate of drug-likeness (QED) is 0.0749. The van der Waals surface area contributed by atoms with Crippen LogP contribution < -0.4 is 9.47 Å². The molecular weight excluding hydrogens is 612 g/mol. The van der Waals surface area contributed by atoms with E-state index < -0.39 is 17.4 Å². The molecule has 0 unspecified atom stereocenters. The molecule has 0 heterocycles. The molecular formula is C43H40O6. The monoisotopic (exact) mass is 652 g/mol. The number of rotatable bonds is 12. The third kappa shape index (κ3) is 6.22. The molecule has 0 aliphatic heterocycles. The molecule has 0 fully saturated rings. The molecule has 5 aromatic rings. The van der Waals surface area contributed by atoms with Crippen molar-refractivity contribution in [3.05, 3.63) is 155 Å². The van der Waals surface area contributed by atoms with Gasteiger partial charge < -0.3 is 18.9 Å². The Morgan fingerprint density at radius 3 is 1.67 bits per heavy atom. The molecule has 0 amide bonds.